The number of carbonyl (C=O) groups is 1. The third-order valence-corrected chi connectivity index (χ3v) is 5.42. The van der Waals surface area contributed by atoms with Gasteiger partial charge in [0.1, 0.15) is 5.69 Å². The third kappa shape index (κ3) is 3.48. The highest BCUT2D eigenvalue weighted by molar-refractivity contribution is 5.92. The lowest BCUT2D eigenvalue weighted by atomic mass is 9.77. The summed E-state index contributed by atoms with van der Waals surface area (Å²) in [5.74, 6) is -0.0184. The number of likely N-dealkylation sites (tertiary alicyclic amines) is 2. The Morgan fingerprint density at radius 2 is 2.04 bits per heavy atom. The van der Waals surface area contributed by atoms with E-state index in [2.05, 4.69) is 34.0 Å². The molecule has 2 aromatic rings. The van der Waals surface area contributed by atoms with Gasteiger partial charge in [-0.25, -0.2) is 4.98 Å². The number of hydrogen-bond acceptors (Lipinski definition) is 5. The Hall–Kier alpha value is -2.31. The first kappa shape index (κ1) is 17.1. The molecule has 1 unspecified atom stereocenters. The molecule has 26 heavy (non-hydrogen) atoms. The van der Waals surface area contributed by atoms with E-state index in [0.717, 1.165) is 32.7 Å². The van der Waals surface area contributed by atoms with Gasteiger partial charge in [-0.15, -0.1) is 0 Å². The van der Waals surface area contributed by atoms with Crippen LogP contribution in [-0.2, 0) is 11.3 Å². The molecule has 2 fully saturated rings. The Morgan fingerprint density at radius 3 is 2.77 bits per heavy atom. The van der Waals surface area contributed by atoms with Gasteiger partial charge in [0.05, 0.1) is 19.4 Å². The van der Waals surface area contributed by atoms with E-state index in [1.807, 2.05) is 23.1 Å². The second kappa shape index (κ2) is 7.13. The van der Waals surface area contributed by atoms with Gasteiger partial charge in [0.25, 0.3) is 5.91 Å². The van der Waals surface area contributed by atoms with E-state index in [0.29, 0.717) is 18.3 Å². The molecule has 6 heteroatoms. The molecule has 1 aromatic carbocycles. The maximum atomic E-state index is 12.4. The normalized spacial score (nSPS) is 21.7. The lowest BCUT2D eigenvalue weighted by molar-refractivity contribution is 0.0104. The Bertz CT molecular complexity index is 747. The van der Waals surface area contributed by atoms with E-state index in [-0.39, 0.29) is 11.3 Å². The van der Waals surface area contributed by atoms with Crippen LogP contribution in [0.4, 0.5) is 0 Å². The maximum absolute atomic E-state index is 12.4. The molecule has 2 aliphatic rings. The van der Waals surface area contributed by atoms with Crippen LogP contribution in [0.2, 0.25) is 0 Å². The summed E-state index contributed by atoms with van der Waals surface area (Å²) >= 11 is 0. The smallest absolute Gasteiger partial charge is 0.274 e. The van der Waals surface area contributed by atoms with Crippen molar-refractivity contribution >= 4 is 5.91 Å². The standard InChI is InChI=1S/C20H24N4O2/c1-23-13-20(9-17(23)12-26-11-16-5-3-2-4-6-16)14-24(15-20)19(25)18-10-21-7-8-22-18/h2-8,10,17H,9,11-15H2,1H3. The fraction of sp³-hybridized carbons (Fsp3) is 0.450. The highest BCUT2D eigenvalue weighted by Gasteiger charge is 2.52. The largest absolute Gasteiger partial charge is 0.375 e. The number of amides is 1. The zero-order chi connectivity index (χ0) is 18.0. The van der Waals surface area contributed by atoms with Crippen molar-refractivity contribution in [2.75, 3.05) is 33.3 Å². The van der Waals surface area contributed by atoms with Crippen LogP contribution in [0.5, 0.6) is 0 Å². The number of carbonyl (C=O) groups excluding carboxylic acids is 1. The van der Waals surface area contributed by atoms with Gasteiger partial charge < -0.3 is 14.5 Å². The second-order valence-corrected chi connectivity index (χ2v) is 7.53. The number of aromatic nitrogens is 2. The van der Waals surface area contributed by atoms with Gasteiger partial charge in [-0.1, -0.05) is 30.3 Å². The highest BCUT2D eigenvalue weighted by Crippen LogP contribution is 2.42. The molecular formula is C20H24N4O2. The SMILES string of the molecule is CN1CC2(CC1COCc1ccccc1)CN(C(=O)c1cnccn1)C2. The number of rotatable bonds is 5. The Balaban J connectivity index is 1.27. The van der Waals surface area contributed by atoms with E-state index in [4.69, 9.17) is 4.74 Å². The monoisotopic (exact) mass is 352 g/mol. The van der Waals surface area contributed by atoms with Gasteiger partial charge >= 0.3 is 0 Å². The van der Waals surface area contributed by atoms with E-state index in [1.54, 1.807) is 12.4 Å². The van der Waals surface area contributed by atoms with Crippen LogP contribution < -0.4 is 0 Å². The molecule has 1 atom stereocenters. The van der Waals surface area contributed by atoms with Crippen molar-refractivity contribution in [1.29, 1.82) is 0 Å². The number of likely N-dealkylation sites (N-methyl/N-ethyl adjacent to an activating group) is 1. The summed E-state index contributed by atoms with van der Waals surface area (Å²) in [5, 5.41) is 0. The first-order valence-corrected chi connectivity index (χ1v) is 9.02. The van der Waals surface area contributed by atoms with Crippen molar-refractivity contribution in [3.05, 3.63) is 60.2 Å². The van der Waals surface area contributed by atoms with Gasteiger partial charge in [0, 0.05) is 43.5 Å². The summed E-state index contributed by atoms with van der Waals surface area (Å²) < 4.78 is 5.94. The zero-order valence-corrected chi connectivity index (χ0v) is 15.0. The van der Waals surface area contributed by atoms with Crippen LogP contribution in [0.3, 0.4) is 0 Å². The van der Waals surface area contributed by atoms with Gasteiger partial charge in [-0.2, -0.15) is 0 Å². The summed E-state index contributed by atoms with van der Waals surface area (Å²) in [7, 11) is 2.15. The summed E-state index contributed by atoms with van der Waals surface area (Å²) in [4.78, 5) is 24.8. The molecule has 136 valence electrons. The van der Waals surface area contributed by atoms with Crippen molar-refractivity contribution in [3.8, 4) is 0 Å². The van der Waals surface area contributed by atoms with E-state index < -0.39 is 0 Å². The van der Waals surface area contributed by atoms with Crippen molar-refractivity contribution in [2.24, 2.45) is 5.41 Å². The first-order valence-electron chi connectivity index (χ1n) is 9.02. The third-order valence-electron chi connectivity index (χ3n) is 5.42. The van der Waals surface area contributed by atoms with Gasteiger partial charge in [-0.05, 0) is 19.0 Å². The van der Waals surface area contributed by atoms with Crippen LogP contribution in [0, 0.1) is 5.41 Å². The molecule has 6 nitrogen and oxygen atoms in total. The van der Waals surface area contributed by atoms with Crippen molar-refractivity contribution in [3.63, 3.8) is 0 Å². The molecule has 1 aromatic heterocycles. The average molecular weight is 352 g/mol. The van der Waals surface area contributed by atoms with Crippen LogP contribution in [0.1, 0.15) is 22.5 Å². The molecule has 0 saturated carbocycles. The zero-order valence-electron chi connectivity index (χ0n) is 15.0. The van der Waals surface area contributed by atoms with Gasteiger partial charge in [0.15, 0.2) is 0 Å². The Morgan fingerprint density at radius 1 is 1.23 bits per heavy atom. The minimum absolute atomic E-state index is 0.0184. The van der Waals surface area contributed by atoms with Crippen LogP contribution in [-0.4, -0.2) is 65.0 Å². The molecule has 0 bridgehead atoms. The van der Waals surface area contributed by atoms with Crippen LogP contribution >= 0.6 is 0 Å². The average Bonchev–Trinajstić information content (AvgIpc) is 2.98. The predicted octanol–water partition coefficient (Wildman–Crippen LogP) is 1.84. The van der Waals surface area contributed by atoms with Gasteiger partial charge in [0.2, 0.25) is 0 Å². The summed E-state index contributed by atoms with van der Waals surface area (Å²) in [6.45, 7) is 3.97. The second-order valence-electron chi connectivity index (χ2n) is 7.53. The minimum Gasteiger partial charge on any atom is -0.375 e. The molecule has 2 saturated heterocycles. The van der Waals surface area contributed by atoms with Crippen molar-refractivity contribution in [2.45, 2.75) is 19.1 Å². The van der Waals surface area contributed by atoms with E-state index in [1.165, 1.54) is 11.8 Å². The van der Waals surface area contributed by atoms with E-state index in [9.17, 15) is 4.79 Å². The molecule has 1 amide bonds. The van der Waals surface area contributed by atoms with Crippen LogP contribution in [0.15, 0.2) is 48.9 Å². The van der Waals surface area contributed by atoms with Crippen LogP contribution in [0.25, 0.3) is 0 Å². The lowest BCUT2D eigenvalue weighted by Gasteiger charge is -2.47. The molecule has 0 radical (unpaired) electrons. The molecule has 1 spiro atoms. The lowest BCUT2D eigenvalue weighted by Crippen LogP contribution is -2.59. The topological polar surface area (TPSA) is 58.6 Å². The number of benzene rings is 1. The quantitative estimate of drug-likeness (QED) is 0.822. The molecule has 0 N–H and O–H groups in total. The predicted molar refractivity (Wildman–Crippen MR) is 97.5 cm³/mol. The molecule has 0 aliphatic carbocycles. The summed E-state index contributed by atoms with van der Waals surface area (Å²) in [6.07, 6.45) is 5.75. The number of hydrogen-bond donors (Lipinski definition) is 0. The minimum atomic E-state index is -0.0184. The van der Waals surface area contributed by atoms with E-state index >= 15 is 0 Å². The first-order chi connectivity index (χ1) is 12.7. The van der Waals surface area contributed by atoms with Gasteiger partial charge in [-0.3, -0.25) is 9.78 Å². The maximum Gasteiger partial charge on any atom is 0.274 e. The summed E-state index contributed by atoms with van der Waals surface area (Å²) in [5.41, 5.74) is 1.83. The molecule has 3 heterocycles. The van der Waals surface area contributed by atoms with Crippen molar-refractivity contribution in [1.82, 2.24) is 19.8 Å². The fourth-order valence-corrected chi connectivity index (χ4v) is 4.16. The molecule has 4 rings (SSSR count). The van der Waals surface area contributed by atoms with Crippen molar-refractivity contribution < 1.29 is 9.53 Å². The Kier molecular flexibility index (Phi) is 4.70. The number of ether oxygens (including phenoxy) is 1. The summed E-state index contributed by atoms with van der Waals surface area (Å²) in [6, 6.07) is 10.7. The highest BCUT2D eigenvalue weighted by atomic mass is 16.5. The Labute approximate surface area is 153 Å². The number of nitrogens with zero attached hydrogens (tertiary/aromatic N) is 4. The molecule has 2 aliphatic heterocycles. The molecular weight excluding hydrogens is 328 g/mol. The fourth-order valence-electron chi connectivity index (χ4n) is 4.16.